The van der Waals surface area contributed by atoms with Crippen LogP contribution in [0.2, 0.25) is 0 Å². The third kappa shape index (κ3) is 4.26. The summed E-state index contributed by atoms with van der Waals surface area (Å²) < 4.78 is 37.3. The molecule has 0 saturated carbocycles. The molecule has 1 aliphatic rings. The minimum absolute atomic E-state index is 0.152. The summed E-state index contributed by atoms with van der Waals surface area (Å²) in [6.07, 6.45) is 0.575. The Bertz CT molecular complexity index is 1140. The Kier molecular flexibility index (Phi) is 6.17. The molecule has 1 amide bonds. The molecule has 0 aliphatic carbocycles. The minimum Gasteiger partial charge on any atom is -0.477 e. The van der Waals surface area contributed by atoms with Crippen LogP contribution in [-0.2, 0) is 11.3 Å². The van der Waals surface area contributed by atoms with Crippen molar-refractivity contribution in [1.29, 1.82) is 0 Å². The van der Waals surface area contributed by atoms with E-state index in [0.717, 1.165) is 12.3 Å². The number of benzene rings is 1. The number of ether oxygens (including phenoxy) is 1. The van der Waals surface area contributed by atoms with Gasteiger partial charge in [-0.15, -0.1) is 0 Å². The van der Waals surface area contributed by atoms with E-state index in [1.54, 1.807) is 34.6 Å². The molecule has 0 bridgehead atoms. The number of carboxylic acid groups (broad SMARTS) is 1. The minimum atomic E-state index is -1.46. The molecule has 0 spiro atoms. The second kappa shape index (κ2) is 8.40. The van der Waals surface area contributed by atoms with Crippen LogP contribution in [-0.4, -0.2) is 57.9 Å². The predicted molar refractivity (Wildman–Crippen MR) is 115 cm³/mol. The summed E-state index contributed by atoms with van der Waals surface area (Å²) in [6.45, 7) is 9.40. The first kappa shape index (κ1) is 23.5. The van der Waals surface area contributed by atoms with Crippen molar-refractivity contribution in [2.75, 3.05) is 24.5 Å². The van der Waals surface area contributed by atoms with Crippen molar-refractivity contribution in [3.05, 3.63) is 39.7 Å². The number of hydrogen-bond donors (Lipinski definition) is 1. The van der Waals surface area contributed by atoms with Crippen molar-refractivity contribution in [1.82, 2.24) is 9.47 Å². The van der Waals surface area contributed by atoms with Crippen LogP contribution in [0.15, 0.2) is 17.1 Å². The SMILES string of the molecule is CCn1cc(C(=O)O)c(=O)c2cc(F)c(N3CCN(C(=O)OC(C)(C)C)C(C)C3)c(F)c21. The Morgan fingerprint density at radius 2 is 1.91 bits per heavy atom. The summed E-state index contributed by atoms with van der Waals surface area (Å²) in [5.41, 5.74) is -2.61. The number of aromatic nitrogens is 1. The maximum Gasteiger partial charge on any atom is 0.410 e. The van der Waals surface area contributed by atoms with Crippen LogP contribution in [0.5, 0.6) is 0 Å². The van der Waals surface area contributed by atoms with Crippen LogP contribution in [0, 0.1) is 11.6 Å². The highest BCUT2D eigenvalue weighted by atomic mass is 19.1. The van der Waals surface area contributed by atoms with Crippen LogP contribution < -0.4 is 10.3 Å². The molecule has 1 aromatic heterocycles. The van der Waals surface area contributed by atoms with Gasteiger partial charge in [0.15, 0.2) is 5.82 Å². The predicted octanol–water partition coefficient (Wildman–Crippen LogP) is 3.44. The van der Waals surface area contributed by atoms with Crippen molar-refractivity contribution >= 4 is 28.7 Å². The Morgan fingerprint density at radius 1 is 1.25 bits per heavy atom. The van der Waals surface area contributed by atoms with E-state index in [1.165, 1.54) is 14.4 Å². The maximum absolute atomic E-state index is 15.6. The fourth-order valence-electron chi connectivity index (χ4n) is 3.92. The highest BCUT2D eigenvalue weighted by molar-refractivity contribution is 5.93. The molecule has 8 nitrogen and oxygen atoms in total. The Hall–Kier alpha value is -3.17. The first-order chi connectivity index (χ1) is 14.9. The van der Waals surface area contributed by atoms with Crippen LogP contribution in [0.25, 0.3) is 10.9 Å². The molecular weight excluding hydrogens is 424 g/mol. The van der Waals surface area contributed by atoms with Gasteiger partial charge in [-0.3, -0.25) is 4.79 Å². The molecule has 32 heavy (non-hydrogen) atoms. The lowest BCUT2D eigenvalue weighted by molar-refractivity contribution is 0.0158. The first-order valence-electron chi connectivity index (χ1n) is 10.4. The topological polar surface area (TPSA) is 92.1 Å². The van der Waals surface area contributed by atoms with Crippen LogP contribution in [0.3, 0.4) is 0 Å². The molecule has 1 saturated heterocycles. The summed E-state index contributed by atoms with van der Waals surface area (Å²) in [4.78, 5) is 39.3. The number of carbonyl (C=O) groups is 2. The standard InChI is InChI=1S/C22H27F2N3O5/c1-6-25-11-14(20(29)30)19(28)13-9-15(23)18(16(24)17(13)25)26-7-8-27(12(2)10-26)21(31)32-22(3,4)5/h9,11-12H,6-8,10H2,1-5H3,(H,29,30). The Balaban J connectivity index is 2.02. The van der Waals surface area contributed by atoms with E-state index in [1.807, 2.05) is 0 Å². The quantitative estimate of drug-likeness (QED) is 0.769. The summed E-state index contributed by atoms with van der Waals surface area (Å²) in [6, 6.07) is 0.510. The third-order valence-electron chi connectivity index (χ3n) is 5.37. The molecule has 1 aliphatic heterocycles. The smallest absolute Gasteiger partial charge is 0.410 e. The number of fused-ring (bicyclic) bond motifs is 1. The summed E-state index contributed by atoms with van der Waals surface area (Å²) in [5, 5.41) is 8.93. The first-order valence-corrected chi connectivity index (χ1v) is 10.4. The zero-order valence-corrected chi connectivity index (χ0v) is 18.7. The molecule has 1 aromatic carbocycles. The number of aryl methyl sites for hydroxylation is 1. The van der Waals surface area contributed by atoms with E-state index in [9.17, 15) is 19.5 Å². The summed E-state index contributed by atoms with van der Waals surface area (Å²) >= 11 is 0. The number of amides is 1. The molecule has 0 radical (unpaired) electrons. The van der Waals surface area contributed by atoms with E-state index >= 15 is 8.78 Å². The number of carbonyl (C=O) groups excluding carboxylic acids is 1. The van der Waals surface area contributed by atoms with Gasteiger partial charge < -0.3 is 24.2 Å². The van der Waals surface area contributed by atoms with Crippen molar-refractivity contribution in [2.45, 2.75) is 52.8 Å². The molecule has 2 aromatic rings. The summed E-state index contributed by atoms with van der Waals surface area (Å²) in [5.74, 6) is -3.36. The second-order valence-electron chi connectivity index (χ2n) is 8.85. The van der Waals surface area contributed by atoms with Gasteiger partial charge in [0.25, 0.3) is 0 Å². The van der Waals surface area contributed by atoms with Crippen molar-refractivity contribution in [3.8, 4) is 0 Å². The maximum atomic E-state index is 15.6. The van der Waals surface area contributed by atoms with E-state index in [0.29, 0.717) is 0 Å². The van der Waals surface area contributed by atoms with Crippen LogP contribution in [0.1, 0.15) is 45.0 Å². The van der Waals surface area contributed by atoms with Gasteiger partial charge in [-0.1, -0.05) is 0 Å². The monoisotopic (exact) mass is 451 g/mol. The number of halogens is 2. The normalized spacial score (nSPS) is 17.0. The molecule has 174 valence electrons. The summed E-state index contributed by atoms with van der Waals surface area (Å²) in [7, 11) is 0. The molecular formula is C22H27F2N3O5. The number of carboxylic acids is 1. The fourth-order valence-corrected chi connectivity index (χ4v) is 3.92. The number of aromatic carboxylic acids is 1. The zero-order chi connectivity index (χ0) is 24.0. The van der Waals surface area contributed by atoms with Gasteiger partial charge >= 0.3 is 12.1 Å². The molecule has 3 rings (SSSR count). The Labute approximate surface area is 184 Å². The number of nitrogens with zero attached hydrogens (tertiary/aromatic N) is 3. The molecule has 2 heterocycles. The van der Waals surface area contributed by atoms with Crippen molar-refractivity contribution in [3.63, 3.8) is 0 Å². The van der Waals surface area contributed by atoms with Gasteiger partial charge in [-0.05, 0) is 40.7 Å². The number of anilines is 1. The van der Waals surface area contributed by atoms with Gasteiger partial charge in [0.1, 0.15) is 22.7 Å². The van der Waals surface area contributed by atoms with E-state index < -0.39 is 40.3 Å². The average Bonchev–Trinajstić information content (AvgIpc) is 2.67. The number of hydrogen-bond acceptors (Lipinski definition) is 5. The highest BCUT2D eigenvalue weighted by Gasteiger charge is 2.33. The number of piperazine rings is 1. The third-order valence-corrected chi connectivity index (χ3v) is 5.37. The van der Waals surface area contributed by atoms with E-state index in [4.69, 9.17) is 4.74 Å². The molecule has 1 fully saturated rings. The molecule has 10 heteroatoms. The van der Waals surface area contributed by atoms with Gasteiger partial charge in [0.2, 0.25) is 5.43 Å². The van der Waals surface area contributed by atoms with E-state index in [-0.39, 0.29) is 48.8 Å². The molecule has 1 unspecified atom stereocenters. The lowest BCUT2D eigenvalue weighted by Crippen LogP contribution is -2.55. The largest absolute Gasteiger partial charge is 0.477 e. The average molecular weight is 451 g/mol. The van der Waals surface area contributed by atoms with E-state index in [2.05, 4.69) is 0 Å². The van der Waals surface area contributed by atoms with Crippen LogP contribution >= 0.6 is 0 Å². The van der Waals surface area contributed by atoms with Crippen molar-refractivity contribution in [2.24, 2.45) is 0 Å². The van der Waals surface area contributed by atoms with Gasteiger partial charge in [-0.25, -0.2) is 18.4 Å². The zero-order valence-electron chi connectivity index (χ0n) is 18.7. The molecule has 1 atom stereocenters. The molecule has 1 N–H and O–H groups in total. The van der Waals surface area contributed by atoms with Gasteiger partial charge in [-0.2, -0.15) is 0 Å². The second-order valence-corrected chi connectivity index (χ2v) is 8.85. The van der Waals surface area contributed by atoms with Crippen LogP contribution in [0.4, 0.5) is 19.3 Å². The Morgan fingerprint density at radius 3 is 2.44 bits per heavy atom. The van der Waals surface area contributed by atoms with Gasteiger partial charge in [0.05, 0.1) is 10.9 Å². The highest BCUT2D eigenvalue weighted by Crippen LogP contribution is 2.32. The number of pyridine rings is 1. The number of rotatable bonds is 3. The lowest BCUT2D eigenvalue weighted by Gasteiger charge is -2.41. The van der Waals surface area contributed by atoms with Crippen molar-refractivity contribution < 1.29 is 28.2 Å². The fraction of sp³-hybridized carbons (Fsp3) is 0.500. The lowest BCUT2D eigenvalue weighted by atomic mass is 10.1. The van der Waals surface area contributed by atoms with Gasteiger partial charge in [0, 0.05) is 38.4 Å².